The second kappa shape index (κ2) is 5.35. The third-order valence-corrected chi connectivity index (χ3v) is 2.22. The van der Waals surface area contributed by atoms with Crippen LogP contribution in [-0.4, -0.2) is 31.6 Å². The number of carbonyl (C=O) groups excluding carboxylic acids is 1. The van der Waals surface area contributed by atoms with Crippen molar-refractivity contribution in [1.29, 1.82) is 0 Å². The van der Waals surface area contributed by atoms with Crippen molar-refractivity contribution in [3.05, 3.63) is 0 Å². The van der Waals surface area contributed by atoms with Crippen molar-refractivity contribution in [2.75, 3.05) is 13.1 Å². The second-order valence-corrected chi connectivity index (χ2v) is 4.06. The van der Waals surface area contributed by atoms with Gasteiger partial charge in [0.15, 0.2) is 0 Å². The van der Waals surface area contributed by atoms with Gasteiger partial charge in [0.1, 0.15) is 12.4 Å². The molecule has 0 aromatic carbocycles. The summed E-state index contributed by atoms with van der Waals surface area (Å²) in [5.41, 5.74) is 0. The second-order valence-electron chi connectivity index (χ2n) is 4.06. The summed E-state index contributed by atoms with van der Waals surface area (Å²) in [7, 11) is 0. The molecule has 1 fully saturated rings. The van der Waals surface area contributed by atoms with Gasteiger partial charge in [0.05, 0.1) is 6.10 Å². The van der Waals surface area contributed by atoms with Gasteiger partial charge in [0.25, 0.3) is 0 Å². The van der Waals surface area contributed by atoms with Crippen LogP contribution in [0.25, 0.3) is 0 Å². The number of carbonyl (C=O) groups is 1. The summed E-state index contributed by atoms with van der Waals surface area (Å²) in [5, 5.41) is 3.33. The zero-order valence-corrected chi connectivity index (χ0v) is 8.45. The topological polar surface area (TPSA) is 38.3 Å². The molecule has 0 saturated carbocycles. The molecule has 0 radical (unpaired) electrons. The van der Waals surface area contributed by atoms with E-state index in [4.69, 9.17) is 4.74 Å². The molecule has 1 aliphatic rings. The molecule has 3 heteroatoms. The van der Waals surface area contributed by atoms with E-state index in [9.17, 15) is 4.79 Å². The molecule has 0 unspecified atom stereocenters. The van der Waals surface area contributed by atoms with Crippen LogP contribution in [0.1, 0.15) is 26.7 Å². The van der Waals surface area contributed by atoms with Crippen molar-refractivity contribution < 1.29 is 9.53 Å². The number of hydrogen-bond donors (Lipinski definition) is 1. The Balaban J connectivity index is 2.07. The molecule has 3 nitrogen and oxygen atoms in total. The van der Waals surface area contributed by atoms with Crippen LogP contribution < -0.4 is 5.32 Å². The zero-order valence-electron chi connectivity index (χ0n) is 8.45. The van der Waals surface area contributed by atoms with Gasteiger partial charge in [-0.3, -0.25) is 0 Å². The Labute approximate surface area is 79.8 Å². The maximum absolute atomic E-state index is 10.4. The molecule has 0 aliphatic carbocycles. The van der Waals surface area contributed by atoms with E-state index in [-0.39, 0.29) is 12.2 Å². The first-order valence-electron chi connectivity index (χ1n) is 5.04. The largest absolute Gasteiger partial charge is 0.366 e. The van der Waals surface area contributed by atoms with E-state index in [1.807, 2.05) is 0 Å². The summed E-state index contributed by atoms with van der Waals surface area (Å²) in [5.74, 6) is 0.670. The fraction of sp³-hybridized carbons (Fsp3) is 0.900. The number of nitrogens with one attached hydrogen (secondary N) is 1. The van der Waals surface area contributed by atoms with Crippen LogP contribution in [-0.2, 0) is 9.53 Å². The van der Waals surface area contributed by atoms with Crippen LogP contribution in [0.4, 0.5) is 0 Å². The van der Waals surface area contributed by atoms with Gasteiger partial charge in [-0.25, -0.2) is 0 Å². The number of hydrogen-bond acceptors (Lipinski definition) is 3. The Morgan fingerprint density at radius 2 is 2.31 bits per heavy atom. The van der Waals surface area contributed by atoms with E-state index in [1.54, 1.807) is 0 Å². The standard InChI is InChI=1S/C10H19NO2/c1-8(2)5-11-6-9-3-4-10(7-12)13-9/h7-11H,3-6H2,1-2H3/t9-,10+/m1/s1. The third kappa shape index (κ3) is 3.87. The molecule has 13 heavy (non-hydrogen) atoms. The average Bonchev–Trinajstić information content (AvgIpc) is 2.52. The first-order chi connectivity index (χ1) is 6.22. The van der Waals surface area contributed by atoms with Gasteiger partial charge in [-0.05, 0) is 25.3 Å². The van der Waals surface area contributed by atoms with E-state index in [0.29, 0.717) is 5.92 Å². The highest BCUT2D eigenvalue weighted by molar-refractivity contribution is 5.56. The summed E-state index contributed by atoms with van der Waals surface area (Å²) >= 11 is 0. The molecule has 76 valence electrons. The van der Waals surface area contributed by atoms with E-state index < -0.39 is 0 Å². The molecule has 1 aliphatic heterocycles. The van der Waals surface area contributed by atoms with Gasteiger partial charge >= 0.3 is 0 Å². The molecule has 0 bridgehead atoms. The lowest BCUT2D eigenvalue weighted by atomic mass is 10.2. The van der Waals surface area contributed by atoms with Gasteiger partial charge in [0, 0.05) is 6.54 Å². The third-order valence-electron chi connectivity index (χ3n) is 2.22. The van der Waals surface area contributed by atoms with Crippen molar-refractivity contribution in [2.45, 2.75) is 38.9 Å². The van der Waals surface area contributed by atoms with Gasteiger partial charge in [-0.15, -0.1) is 0 Å². The van der Waals surface area contributed by atoms with Gasteiger partial charge < -0.3 is 14.8 Å². The van der Waals surface area contributed by atoms with E-state index in [2.05, 4.69) is 19.2 Å². The van der Waals surface area contributed by atoms with E-state index in [1.165, 1.54) is 0 Å². The van der Waals surface area contributed by atoms with Crippen molar-refractivity contribution in [3.63, 3.8) is 0 Å². The number of ether oxygens (including phenoxy) is 1. The Kier molecular flexibility index (Phi) is 4.39. The minimum Gasteiger partial charge on any atom is -0.366 e. The highest BCUT2D eigenvalue weighted by atomic mass is 16.5. The highest BCUT2D eigenvalue weighted by Gasteiger charge is 2.23. The van der Waals surface area contributed by atoms with Gasteiger partial charge in [-0.2, -0.15) is 0 Å². The molecule has 1 rings (SSSR count). The lowest BCUT2D eigenvalue weighted by molar-refractivity contribution is -0.117. The number of aldehydes is 1. The van der Waals surface area contributed by atoms with Crippen LogP contribution >= 0.6 is 0 Å². The summed E-state index contributed by atoms with van der Waals surface area (Å²) in [6.45, 7) is 6.25. The summed E-state index contributed by atoms with van der Waals surface area (Å²) in [6, 6.07) is 0. The van der Waals surface area contributed by atoms with E-state index in [0.717, 1.165) is 32.2 Å². The van der Waals surface area contributed by atoms with Gasteiger partial charge in [-0.1, -0.05) is 13.8 Å². The molecular weight excluding hydrogens is 166 g/mol. The summed E-state index contributed by atoms with van der Waals surface area (Å²) in [6.07, 6.45) is 2.90. The molecule has 0 amide bonds. The molecule has 0 aromatic rings. The molecule has 2 atom stereocenters. The SMILES string of the molecule is CC(C)CNC[C@H]1CC[C@@H](C=O)O1. The smallest absolute Gasteiger partial charge is 0.148 e. The maximum Gasteiger partial charge on any atom is 0.148 e. The fourth-order valence-corrected chi connectivity index (χ4v) is 1.52. The van der Waals surface area contributed by atoms with Crippen LogP contribution in [0.3, 0.4) is 0 Å². The zero-order chi connectivity index (χ0) is 9.68. The normalized spacial score (nSPS) is 28.2. The first-order valence-corrected chi connectivity index (χ1v) is 5.04. The Morgan fingerprint density at radius 3 is 2.85 bits per heavy atom. The van der Waals surface area contributed by atoms with Gasteiger partial charge in [0.2, 0.25) is 0 Å². The molecular formula is C10H19NO2. The van der Waals surface area contributed by atoms with Crippen LogP contribution in [0.5, 0.6) is 0 Å². The Morgan fingerprint density at radius 1 is 1.54 bits per heavy atom. The van der Waals surface area contributed by atoms with Crippen molar-refractivity contribution in [1.82, 2.24) is 5.32 Å². The number of rotatable bonds is 5. The lowest BCUT2D eigenvalue weighted by Gasteiger charge is -2.12. The molecule has 1 N–H and O–H groups in total. The molecule has 0 aromatic heterocycles. The summed E-state index contributed by atoms with van der Waals surface area (Å²) in [4.78, 5) is 10.4. The Hall–Kier alpha value is -0.410. The molecule has 1 heterocycles. The minimum absolute atomic E-state index is 0.147. The van der Waals surface area contributed by atoms with Crippen molar-refractivity contribution >= 4 is 6.29 Å². The minimum atomic E-state index is -0.147. The van der Waals surface area contributed by atoms with Crippen LogP contribution in [0.15, 0.2) is 0 Å². The first kappa shape index (κ1) is 10.7. The monoisotopic (exact) mass is 185 g/mol. The Bertz CT molecular complexity index is 159. The summed E-state index contributed by atoms with van der Waals surface area (Å²) < 4.78 is 5.46. The van der Waals surface area contributed by atoms with Crippen molar-refractivity contribution in [3.8, 4) is 0 Å². The highest BCUT2D eigenvalue weighted by Crippen LogP contribution is 2.17. The van der Waals surface area contributed by atoms with E-state index >= 15 is 0 Å². The average molecular weight is 185 g/mol. The van der Waals surface area contributed by atoms with Crippen LogP contribution in [0, 0.1) is 5.92 Å². The maximum atomic E-state index is 10.4. The quantitative estimate of drug-likeness (QED) is 0.649. The molecule has 1 saturated heterocycles. The fourth-order valence-electron chi connectivity index (χ4n) is 1.52. The van der Waals surface area contributed by atoms with Crippen molar-refractivity contribution in [2.24, 2.45) is 5.92 Å². The molecule has 0 spiro atoms. The predicted octanol–water partition coefficient (Wildman–Crippen LogP) is 0.978. The lowest BCUT2D eigenvalue weighted by Crippen LogP contribution is -2.30. The van der Waals surface area contributed by atoms with Crippen LogP contribution in [0.2, 0.25) is 0 Å². The predicted molar refractivity (Wildman–Crippen MR) is 51.7 cm³/mol.